The highest BCUT2D eigenvalue weighted by Gasteiger charge is 2.23. The molecule has 0 aliphatic carbocycles. The molecule has 1 heterocycles. The van der Waals surface area contributed by atoms with Crippen molar-refractivity contribution >= 4 is 17.0 Å². The zero-order valence-electron chi connectivity index (χ0n) is 9.87. The van der Waals surface area contributed by atoms with Crippen LogP contribution < -0.4 is 4.74 Å². The predicted octanol–water partition coefficient (Wildman–Crippen LogP) is 3.64. The SMILES string of the molecule is C[C@@H](O)c1cc([N+](=O)[O-])c(Oc2cccc(F)c2)s1. The minimum atomic E-state index is -0.825. The number of halogens is 1. The maximum Gasteiger partial charge on any atom is 0.323 e. The second-order valence-electron chi connectivity index (χ2n) is 3.81. The third-order valence-electron chi connectivity index (χ3n) is 2.31. The number of aliphatic hydroxyl groups is 1. The summed E-state index contributed by atoms with van der Waals surface area (Å²) in [5.41, 5.74) is -0.245. The molecule has 1 aromatic heterocycles. The maximum atomic E-state index is 13.0. The molecule has 0 radical (unpaired) electrons. The first-order chi connectivity index (χ1) is 8.97. The molecule has 5 nitrogen and oxygen atoms in total. The monoisotopic (exact) mass is 283 g/mol. The summed E-state index contributed by atoms with van der Waals surface area (Å²) >= 11 is 0.960. The lowest BCUT2D eigenvalue weighted by Gasteiger charge is -2.02. The largest absolute Gasteiger partial charge is 0.440 e. The van der Waals surface area contributed by atoms with Crippen molar-refractivity contribution in [2.24, 2.45) is 0 Å². The van der Waals surface area contributed by atoms with Crippen molar-refractivity contribution in [1.29, 1.82) is 0 Å². The average molecular weight is 283 g/mol. The fourth-order valence-electron chi connectivity index (χ4n) is 1.43. The molecule has 0 unspecified atom stereocenters. The standard InChI is InChI=1S/C12H10FNO4S/c1-7(15)11-6-10(14(16)17)12(19-11)18-9-4-2-3-8(13)5-9/h2-7,15H,1H3/t7-/m1/s1. The van der Waals surface area contributed by atoms with E-state index >= 15 is 0 Å². The van der Waals surface area contributed by atoms with Crippen molar-refractivity contribution in [2.45, 2.75) is 13.0 Å². The Morgan fingerprint density at radius 2 is 2.21 bits per heavy atom. The maximum absolute atomic E-state index is 13.0. The quantitative estimate of drug-likeness (QED) is 0.686. The number of benzene rings is 1. The van der Waals surface area contributed by atoms with E-state index in [0.29, 0.717) is 4.88 Å². The molecule has 1 aromatic carbocycles. The zero-order valence-corrected chi connectivity index (χ0v) is 10.7. The van der Waals surface area contributed by atoms with Crippen LogP contribution >= 0.6 is 11.3 Å². The summed E-state index contributed by atoms with van der Waals surface area (Å²) in [4.78, 5) is 10.7. The van der Waals surface area contributed by atoms with E-state index in [1.165, 1.54) is 31.2 Å². The first-order valence-electron chi connectivity index (χ1n) is 5.37. The fraction of sp³-hybridized carbons (Fsp3) is 0.167. The fourth-order valence-corrected chi connectivity index (χ4v) is 2.36. The van der Waals surface area contributed by atoms with Crippen LogP contribution in [0.5, 0.6) is 10.8 Å². The second kappa shape index (κ2) is 5.33. The van der Waals surface area contributed by atoms with Gasteiger partial charge in [0, 0.05) is 17.0 Å². The van der Waals surface area contributed by atoms with Crippen LogP contribution in [-0.4, -0.2) is 10.0 Å². The number of nitro groups is 1. The van der Waals surface area contributed by atoms with Crippen molar-refractivity contribution in [2.75, 3.05) is 0 Å². The summed E-state index contributed by atoms with van der Waals surface area (Å²) < 4.78 is 18.3. The van der Waals surface area contributed by atoms with E-state index in [0.717, 1.165) is 17.4 Å². The lowest BCUT2D eigenvalue weighted by Crippen LogP contribution is -1.89. The Morgan fingerprint density at radius 3 is 2.79 bits per heavy atom. The molecule has 2 aromatic rings. The van der Waals surface area contributed by atoms with Crippen molar-refractivity contribution in [3.8, 4) is 10.8 Å². The molecule has 0 aliphatic heterocycles. The molecular weight excluding hydrogens is 273 g/mol. The highest BCUT2D eigenvalue weighted by Crippen LogP contribution is 2.41. The van der Waals surface area contributed by atoms with Crippen LogP contribution in [-0.2, 0) is 0 Å². The van der Waals surface area contributed by atoms with Crippen molar-refractivity contribution in [1.82, 2.24) is 0 Å². The molecule has 100 valence electrons. The van der Waals surface area contributed by atoms with Crippen molar-refractivity contribution in [3.63, 3.8) is 0 Å². The van der Waals surface area contributed by atoms with Gasteiger partial charge in [-0.25, -0.2) is 4.39 Å². The molecule has 1 atom stereocenters. The van der Waals surface area contributed by atoms with E-state index in [2.05, 4.69) is 0 Å². The van der Waals surface area contributed by atoms with E-state index < -0.39 is 16.8 Å². The third kappa shape index (κ3) is 3.07. The molecular formula is C12H10FNO4S. The highest BCUT2D eigenvalue weighted by atomic mass is 32.1. The lowest BCUT2D eigenvalue weighted by molar-refractivity contribution is -0.385. The van der Waals surface area contributed by atoms with Gasteiger partial charge in [0.1, 0.15) is 11.6 Å². The Kier molecular flexibility index (Phi) is 3.77. The van der Waals surface area contributed by atoms with Gasteiger partial charge in [-0.05, 0) is 19.1 Å². The predicted molar refractivity (Wildman–Crippen MR) is 68.1 cm³/mol. The van der Waals surface area contributed by atoms with Gasteiger partial charge in [-0.3, -0.25) is 10.1 Å². The molecule has 2 rings (SSSR count). The minimum absolute atomic E-state index is 0.0199. The molecule has 0 saturated heterocycles. The summed E-state index contributed by atoms with van der Waals surface area (Å²) in [6, 6.07) is 6.57. The van der Waals surface area contributed by atoms with Crippen LogP contribution in [0.4, 0.5) is 10.1 Å². The lowest BCUT2D eigenvalue weighted by atomic mass is 10.3. The minimum Gasteiger partial charge on any atom is -0.440 e. The topological polar surface area (TPSA) is 72.6 Å². The van der Waals surface area contributed by atoms with Crippen molar-refractivity contribution in [3.05, 3.63) is 51.1 Å². The Morgan fingerprint density at radius 1 is 1.47 bits per heavy atom. The Hall–Kier alpha value is -1.99. The van der Waals surface area contributed by atoms with Crippen LogP contribution in [0.3, 0.4) is 0 Å². The van der Waals surface area contributed by atoms with Gasteiger partial charge in [-0.15, -0.1) is 0 Å². The van der Waals surface area contributed by atoms with Gasteiger partial charge in [0.25, 0.3) is 5.06 Å². The van der Waals surface area contributed by atoms with Gasteiger partial charge in [-0.1, -0.05) is 17.4 Å². The number of thiophene rings is 1. The smallest absolute Gasteiger partial charge is 0.323 e. The van der Waals surface area contributed by atoms with Gasteiger partial charge in [0.05, 0.1) is 11.0 Å². The number of ether oxygens (including phenoxy) is 1. The molecule has 0 bridgehead atoms. The van der Waals surface area contributed by atoms with Gasteiger partial charge in [0.2, 0.25) is 0 Å². The third-order valence-corrected chi connectivity index (χ3v) is 3.49. The molecule has 0 spiro atoms. The molecule has 0 saturated carbocycles. The summed E-state index contributed by atoms with van der Waals surface area (Å²) in [5, 5.41) is 20.3. The van der Waals surface area contributed by atoms with Crippen LogP contribution in [0.15, 0.2) is 30.3 Å². The number of aliphatic hydroxyl groups excluding tert-OH is 1. The van der Waals surface area contributed by atoms with E-state index in [4.69, 9.17) is 4.74 Å². The number of rotatable bonds is 4. The molecule has 1 N–H and O–H groups in total. The van der Waals surface area contributed by atoms with Crippen molar-refractivity contribution < 1.29 is 19.2 Å². The summed E-state index contributed by atoms with van der Waals surface area (Å²) in [6.07, 6.45) is -0.825. The molecule has 7 heteroatoms. The van der Waals surface area contributed by atoms with Gasteiger partial charge >= 0.3 is 5.69 Å². The summed E-state index contributed by atoms with van der Waals surface area (Å²) in [6.45, 7) is 1.50. The normalized spacial score (nSPS) is 12.2. The highest BCUT2D eigenvalue weighted by molar-refractivity contribution is 7.14. The Bertz CT molecular complexity index is 612. The number of hydrogen-bond donors (Lipinski definition) is 1. The summed E-state index contributed by atoms with van der Waals surface area (Å²) in [5.74, 6) is -0.324. The zero-order chi connectivity index (χ0) is 14.0. The van der Waals surface area contributed by atoms with E-state index in [-0.39, 0.29) is 16.5 Å². The first-order valence-corrected chi connectivity index (χ1v) is 6.18. The van der Waals surface area contributed by atoms with E-state index in [1.807, 2.05) is 0 Å². The Labute approximate surface area is 112 Å². The van der Waals surface area contributed by atoms with Crippen LogP contribution in [0, 0.1) is 15.9 Å². The van der Waals surface area contributed by atoms with Gasteiger partial charge < -0.3 is 9.84 Å². The first kappa shape index (κ1) is 13.4. The van der Waals surface area contributed by atoms with Crippen LogP contribution in [0.1, 0.15) is 17.9 Å². The molecule has 0 aliphatic rings. The average Bonchev–Trinajstić information content (AvgIpc) is 2.73. The van der Waals surface area contributed by atoms with Crippen LogP contribution in [0.2, 0.25) is 0 Å². The molecule has 19 heavy (non-hydrogen) atoms. The van der Waals surface area contributed by atoms with Crippen LogP contribution in [0.25, 0.3) is 0 Å². The Balaban J connectivity index is 2.36. The van der Waals surface area contributed by atoms with Gasteiger partial charge in [0.15, 0.2) is 0 Å². The second-order valence-corrected chi connectivity index (χ2v) is 4.86. The molecule has 0 fully saturated rings. The van der Waals surface area contributed by atoms with Gasteiger partial charge in [-0.2, -0.15) is 0 Å². The number of nitrogens with zero attached hydrogens (tertiary/aromatic N) is 1. The molecule has 0 amide bonds. The summed E-state index contributed by atoms with van der Waals surface area (Å²) in [7, 11) is 0. The van der Waals surface area contributed by atoms with E-state index in [1.54, 1.807) is 0 Å². The van der Waals surface area contributed by atoms with E-state index in [9.17, 15) is 19.6 Å². The number of hydrogen-bond acceptors (Lipinski definition) is 5.